The van der Waals surface area contributed by atoms with Crippen molar-refractivity contribution in [2.75, 3.05) is 19.8 Å². The summed E-state index contributed by atoms with van der Waals surface area (Å²) in [6, 6.07) is 8.67. The highest BCUT2D eigenvalue weighted by atomic mass is 31.3. The highest BCUT2D eigenvalue weighted by molar-refractivity contribution is 7.60. The van der Waals surface area contributed by atoms with Gasteiger partial charge in [-0.3, -0.25) is 4.52 Å². The Kier molecular flexibility index (Phi) is 8.74. The van der Waals surface area contributed by atoms with E-state index in [1.807, 2.05) is 41.5 Å². The number of phosphoric ester groups is 1. The van der Waals surface area contributed by atoms with Gasteiger partial charge in [0.15, 0.2) is 0 Å². The Morgan fingerprint density at radius 1 is 0.839 bits per heavy atom. The first-order valence-corrected chi connectivity index (χ1v) is 12.6. The Morgan fingerprint density at radius 2 is 1.29 bits per heavy atom. The molecule has 1 atom stereocenters. The Labute approximate surface area is 183 Å². The predicted molar refractivity (Wildman–Crippen MR) is 114 cm³/mol. The number of phosphoric acid groups is 2. The van der Waals surface area contributed by atoms with Crippen LogP contribution in [0.5, 0.6) is 5.75 Å². The van der Waals surface area contributed by atoms with Crippen molar-refractivity contribution in [1.82, 2.24) is 0 Å². The van der Waals surface area contributed by atoms with Crippen molar-refractivity contribution in [2.45, 2.75) is 47.1 Å². The Balaban J connectivity index is 3.65. The van der Waals surface area contributed by atoms with Crippen molar-refractivity contribution in [3.63, 3.8) is 0 Å². The molecule has 0 aromatic heterocycles. The molecule has 180 valence electrons. The minimum Gasteiger partial charge on any atom is -0.485 e. The van der Waals surface area contributed by atoms with Crippen molar-refractivity contribution < 1.29 is 47.6 Å². The average Bonchev–Trinajstić information content (AvgIpc) is 2.58. The van der Waals surface area contributed by atoms with E-state index in [2.05, 4.69) is 4.31 Å². The summed E-state index contributed by atoms with van der Waals surface area (Å²) in [6.07, 6.45) is 0. The van der Waals surface area contributed by atoms with Crippen molar-refractivity contribution >= 4 is 15.6 Å². The number of aliphatic hydroxyl groups is 2. The number of benzene rings is 1. The number of hydrogen-bond donors (Lipinski definition) is 5. The van der Waals surface area contributed by atoms with Gasteiger partial charge in [-0.2, -0.15) is 4.31 Å². The molecule has 0 radical (unpaired) electrons. The van der Waals surface area contributed by atoms with Crippen LogP contribution in [-0.2, 0) is 18.0 Å². The van der Waals surface area contributed by atoms with Crippen LogP contribution < -0.4 is 4.74 Å². The van der Waals surface area contributed by atoms with E-state index in [0.717, 1.165) is 0 Å². The predicted octanol–water partition coefficient (Wildman–Crippen LogP) is 3.09. The first kappa shape index (κ1) is 28.2. The minimum absolute atomic E-state index is 0.428. The van der Waals surface area contributed by atoms with E-state index < -0.39 is 57.3 Å². The largest absolute Gasteiger partial charge is 0.485 e. The van der Waals surface area contributed by atoms with Gasteiger partial charge in [-0.05, 0) is 12.1 Å². The van der Waals surface area contributed by atoms with Gasteiger partial charge >= 0.3 is 15.6 Å². The molecule has 0 aliphatic rings. The summed E-state index contributed by atoms with van der Waals surface area (Å²) in [7, 11) is -10.6. The van der Waals surface area contributed by atoms with Crippen LogP contribution in [0.2, 0.25) is 0 Å². The first-order valence-electron chi connectivity index (χ1n) is 9.56. The lowest BCUT2D eigenvalue weighted by atomic mass is 9.51. The van der Waals surface area contributed by atoms with Gasteiger partial charge in [0.1, 0.15) is 11.4 Å². The average molecular weight is 484 g/mol. The number of ether oxygens (including phenoxy) is 1. The summed E-state index contributed by atoms with van der Waals surface area (Å²) >= 11 is 0. The fraction of sp³-hybridized carbons (Fsp3) is 0.684. The number of para-hydroxylation sites is 1. The molecule has 12 heteroatoms. The molecule has 0 bridgehead atoms. The molecule has 1 rings (SSSR count). The molecular weight excluding hydrogens is 450 g/mol. The van der Waals surface area contributed by atoms with Crippen molar-refractivity contribution in [3.8, 4) is 5.75 Å². The third kappa shape index (κ3) is 6.38. The van der Waals surface area contributed by atoms with Gasteiger partial charge < -0.3 is 29.6 Å². The lowest BCUT2D eigenvalue weighted by molar-refractivity contribution is -0.235. The van der Waals surface area contributed by atoms with Crippen LogP contribution in [0, 0.1) is 16.2 Å². The summed E-state index contributed by atoms with van der Waals surface area (Å²) in [6.45, 7) is 8.68. The third-order valence-corrected chi connectivity index (χ3v) is 7.32. The van der Waals surface area contributed by atoms with Crippen LogP contribution in [0.4, 0.5) is 0 Å². The number of aliphatic hydroxyl groups excluding tert-OH is 2. The van der Waals surface area contributed by atoms with Crippen LogP contribution in [0.1, 0.15) is 41.5 Å². The first-order chi connectivity index (χ1) is 13.9. The van der Waals surface area contributed by atoms with Crippen LogP contribution in [0.3, 0.4) is 0 Å². The quantitative estimate of drug-likeness (QED) is 0.312. The molecule has 0 saturated carbocycles. The van der Waals surface area contributed by atoms with Gasteiger partial charge in [0.25, 0.3) is 0 Å². The third-order valence-electron chi connectivity index (χ3n) is 5.19. The van der Waals surface area contributed by atoms with Gasteiger partial charge in [0.2, 0.25) is 0 Å². The van der Waals surface area contributed by atoms with Crippen molar-refractivity contribution in [2.24, 2.45) is 16.2 Å². The molecule has 10 nitrogen and oxygen atoms in total. The van der Waals surface area contributed by atoms with Crippen molar-refractivity contribution in [1.29, 1.82) is 0 Å². The zero-order chi connectivity index (χ0) is 24.4. The monoisotopic (exact) mass is 484 g/mol. The van der Waals surface area contributed by atoms with Gasteiger partial charge in [-0.1, -0.05) is 59.7 Å². The zero-order valence-corrected chi connectivity index (χ0v) is 20.5. The summed E-state index contributed by atoms with van der Waals surface area (Å²) in [5.41, 5.74) is -4.70. The Bertz CT molecular complexity index is 789. The Morgan fingerprint density at radius 3 is 1.65 bits per heavy atom. The highest BCUT2D eigenvalue weighted by Crippen LogP contribution is 2.61. The summed E-state index contributed by atoms with van der Waals surface area (Å²) in [4.78, 5) is 27.5. The molecule has 1 aromatic carbocycles. The van der Waals surface area contributed by atoms with Gasteiger partial charge in [0.05, 0.1) is 25.2 Å². The van der Waals surface area contributed by atoms with E-state index in [0.29, 0.717) is 5.75 Å². The van der Waals surface area contributed by atoms with Gasteiger partial charge in [-0.25, -0.2) is 9.13 Å². The minimum atomic E-state index is -5.34. The lowest BCUT2D eigenvalue weighted by Crippen LogP contribution is -2.71. The zero-order valence-electron chi connectivity index (χ0n) is 18.7. The van der Waals surface area contributed by atoms with E-state index in [9.17, 15) is 24.2 Å². The maximum atomic E-state index is 12.1. The van der Waals surface area contributed by atoms with Crippen LogP contribution in [0.25, 0.3) is 0 Å². The van der Waals surface area contributed by atoms with E-state index in [-0.39, 0.29) is 0 Å². The van der Waals surface area contributed by atoms with Gasteiger partial charge in [0, 0.05) is 10.8 Å². The molecule has 0 saturated heterocycles. The Hall–Kier alpha value is -0.800. The molecule has 0 spiro atoms. The fourth-order valence-electron chi connectivity index (χ4n) is 4.62. The molecule has 1 unspecified atom stereocenters. The number of rotatable bonds is 10. The van der Waals surface area contributed by atoms with E-state index >= 15 is 0 Å². The van der Waals surface area contributed by atoms with E-state index in [1.165, 1.54) is 0 Å². The normalized spacial score (nSPS) is 16.1. The van der Waals surface area contributed by atoms with E-state index in [4.69, 9.17) is 19.0 Å². The maximum Gasteiger partial charge on any atom is 0.481 e. The second-order valence-electron chi connectivity index (χ2n) is 9.51. The van der Waals surface area contributed by atoms with Gasteiger partial charge in [-0.15, -0.1) is 0 Å². The second-order valence-corrected chi connectivity index (χ2v) is 12.3. The smallest absolute Gasteiger partial charge is 0.481 e. The lowest BCUT2D eigenvalue weighted by Gasteiger charge is -2.61. The summed E-state index contributed by atoms with van der Waals surface area (Å²) < 4.78 is 38.3. The fourth-order valence-corrected chi connectivity index (χ4v) is 6.30. The summed E-state index contributed by atoms with van der Waals surface area (Å²) in [5, 5.41) is 20.9. The molecule has 0 aliphatic heterocycles. The maximum absolute atomic E-state index is 12.1. The summed E-state index contributed by atoms with van der Waals surface area (Å²) in [5.74, 6) is 0.428. The van der Waals surface area contributed by atoms with Crippen LogP contribution >= 0.6 is 15.6 Å². The molecule has 0 heterocycles. The molecular formula is C19H34O10P2. The molecule has 31 heavy (non-hydrogen) atoms. The highest BCUT2D eigenvalue weighted by Gasteiger charge is 2.66. The van der Waals surface area contributed by atoms with Crippen LogP contribution in [0.15, 0.2) is 30.3 Å². The molecule has 5 N–H and O–H groups in total. The SMILES string of the molecule is CC(C)(C)C(Oc1ccccc1)(C(C)(C)C)C(CO)(CO)COP(=O)(O)OP(=O)(O)O. The standard InChI is InChI=1S/C19H34O10P2/c1-16(2,3)19(17(4,5)6,28-15-10-8-7-9-11-15)18(12-20,13-21)14-27-31(25,26)29-30(22,23)24/h7-11,20-21H,12-14H2,1-6H3,(H,25,26)(H2,22,23,24). The second kappa shape index (κ2) is 9.59. The molecule has 0 aliphatic carbocycles. The molecule has 0 fully saturated rings. The van der Waals surface area contributed by atoms with Crippen LogP contribution in [-0.4, -0.2) is 50.3 Å². The molecule has 1 aromatic rings. The molecule has 0 amide bonds. The van der Waals surface area contributed by atoms with E-state index in [1.54, 1.807) is 30.3 Å². The number of hydrogen-bond acceptors (Lipinski definition) is 7. The van der Waals surface area contributed by atoms with Crippen molar-refractivity contribution in [3.05, 3.63) is 30.3 Å². The topological polar surface area (TPSA) is 163 Å².